The van der Waals surface area contributed by atoms with Crippen LogP contribution in [0, 0.1) is 0 Å². The van der Waals surface area contributed by atoms with E-state index in [0.29, 0.717) is 23.1 Å². The summed E-state index contributed by atoms with van der Waals surface area (Å²) in [5.41, 5.74) is 1.60. The molecule has 3 rings (SSSR count). The van der Waals surface area contributed by atoms with Crippen molar-refractivity contribution in [3.63, 3.8) is 0 Å². The van der Waals surface area contributed by atoms with Crippen LogP contribution in [0.4, 0.5) is 5.13 Å². The second-order valence-electron chi connectivity index (χ2n) is 5.11. The molecule has 0 radical (unpaired) electrons. The molecule has 1 heterocycles. The molecule has 24 heavy (non-hydrogen) atoms. The Kier molecular flexibility index (Phi) is 5.18. The average Bonchev–Trinajstić information content (AvgIpc) is 3.09. The molecule has 122 valence electrons. The summed E-state index contributed by atoms with van der Waals surface area (Å²) in [6.45, 7) is 2.46. The van der Waals surface area contributed by atoms with Crippen LogP contribution in [0.5, 0.6) is 5.75 Å². The van der Waals surface area contributed by atoms with Crippen molar-refractivity contribution < 1.29 is 9.53 Å². The van der Waals surface area contributed by atoms with E-state index < -0.39 is 0 Å². The zero-order valence-electron chi connectivity index (χ0n) is 13.2. The van der Waals surface area contributed by atoms with Crippen LogP contribution in [0.25, 0.3) is 0 Å². The standard InChI is InChI=1S/C18H17N3O2S/c1-2-16-20-21-18(24-16)19-17(22)14-9-6-10-15(11-14)23-12-13-7-4-3-5-8-13/h3-11H,2,12H2,1H3,(H,19,21,22). The van der Waals surface area contributed by atoms with Gasteiger partial charge in [-0.2, -0.15) is 0 Å². The zero-order valence-corrected chi connectivity index (χ0v) is 14.0. The summed E-state index contributed by atoms with van der Waals surface area (Å²) in [4.78, 5) is 12.3. The number of aryl methyl sites for hydroxylation is 1. The lowest BCUT2D eigenvalue weighted by molar-refractivity contribution is 0.102. The van der Waals surface area contributed by atoms with Crippen molar-refractivity contribution in [1.29, 1.82) is 0 Å². The molecule has 6 heteroatoms. The molecule has 0 aliphatic rings. The predicted octanol–water partition coefficient (Wildman–Crippen LogP) is 3.93. The number of ether oxygens (including phenoxy) is 1. The second kappa shape index (κ2) is 7.70. The molecule has 0 aliphatic carbocycles. The van der Waals surface area contributed by atoms with E-state index in [9.17, 15) is 4.79 Å². The molecule has 0 bridgehead atoms. The van der Waals surface area contributed by atoms with E-state index in [0.717, 1.165) is 17.0 Å². The van der Waals surface area contributed by atoms with Crippen LogP contribution in [0.2, 0.25) is 0 Å². The van der Waals surface area contributed by atoms with E-state index in [1.807, 2.05) is 43.3 Å². The van der Waals surface area contributed by atoms with Crippen molar-refractivity contribution in [3.05, 3.63) is 70.7 Å². The van der Waals surface area contributed by atoms with Crippen molar-refractivity contribution in [2.24, 2.45) is 0 Å². The molecule has 0 saturated carbocycles. The van der Waals surface area contributed by atoms with E-state index in [1.165, 1.54) is 11.3 Å². The Labute approximate surface area is 144 Å². The first-order valence-electron chi connectivity index (χ1n) is 7.65. The summed E-state index contributed by atoms with van der Waals surface area (Å²) >= 11 is 1.38. The van der Waals surface area contributed by atoms with E-state index in [-0.39, 0.29) is 5.91 Å². The lowest BCUT2D eigenvalue weighted by Gasteiger charge is -2.08. The maximum atomic E-state index is 12.3. The molecule has 0 spiro atoms. The van der Waals surface area contributed by atoms with Gasteiger partial charge < -0.3 is 4.74 Å². The first-order valence-corrected chi connectivity index (χ1v) is 8.47. The monoisotopic (exact) mass is 339 g/mol. The average molecular weight is 339 g/mol. The van der Waals surface area contributed by atoms with Crippen LogP contribution >= 0.6 is 11.3 Å². The van der Waals surface area contributed by atoms with Gasteiger partial charge in [-0.15, -0.1) is 10.2 Å². The summed E-state index contributed by atoms with van der Waals surface area (Å²) in [6, 6.07) is 17.0. The number of anilines is 1. The van der Waals surface area contributed by atoms with Crippen LogP contribution < -0.4 is 10.1 Å². The fourth-order valence-electron chi connectivity index (χ4n) is 2.08. The van der Waals surface area contributed by atoms with Gasteiger partial charge >= 0.3 is 0 Å². The van der Waals surface area contributed by atoms with Gasteiger partial charge in [-0.1, -0.05) is 54.7 Å². The highest BCUT2D eigenvalue weighted by Crippen LogP contribution is 2.19. The van der Waals surface area contributed by atoms with Crippen LogP contribution in [0.1, 0.15) is 27.9 Å². The van der Waals surface area contributed by atoms with Gasteiger partial charge in [0.25, 0.3) is 5.91 Å². The minimum atomic E-state index is -0.223. The molecule has 3 aromatic rings. The molecule has 5 nitrogen and oxygen atoms in total. The maximum Gasteiger partial charge on any atom is 0.257 e. The Morgan fingerprint density at radius 1 is 1.12 bits per heavy atom. The number of carbonyl (C=O) groups is 1. The van der Waals surface area contributed by atoms with Crippen molar-refractivity contribution in [2.75, 3.05) is 5.32 Å². The van der Waals surface area contributed by atoms with Gasteiger partial charge in [0.1, 0.15) is 17.4 Å². The minimum absolute atomic E-state index is 0.223. The number of hydrogen-bond acceptors (Lipinski definition) is 5. The fraction of sp³-hybridized carbons (Fsp3) is 0.167. The van der Waals surface area contributed by atoms with Gasteiger partial charge in [0.2, 0.25) is 5.13 Å². The highest BCUT2D eigenvalue weighted by Gasteiger charge is 2.10. The fourth-order valence-corrected chi connectivity index (χ4v) is 2.76. The second-order valence-corrected chi connectivity index (χ2v) is 6.17. The minimum Gasteiger partial charge on any atom is -0.489 e. The lowest BCUT2D eigenvalue weighted by Crippen LogP contribution is -2.11. The molecule has 0 fully saturated rings. The molecule has 0 aliphatic heterocycles. The van der Waals surface area contributed by atoms with Crippen molar-refractivity contribution in [1.82, 2.24) is 10.2 Å². The Bertz CT molecular complexity index is 818. The summed E-state index contributed by atoms with van der Waals surface area (Å²) < 4.78 is 5.75. The van der Waals surface area contributed by atoms with Crippen molar-refractivity contribution in [2.45, 2.75) is 20.0 Å². The first-order chi connectivity index (χ1) is 11.7. The third-order valence-electron chi connectivity index (χ3n) is 3.33. The summed E-state index contributed by atoms with van der Waals surface area (Å²) in [5, 5.41) is 12.1. The number of hydrogen-bond donors (Lipinski definition) is 1. The third kappa shape index (κ3) is 4.17. The smallest absolute Gasteiger partial charge is 0.257 e. The molecule has 1 aromatic heterocycles. The Morgan fingerprint density at radius 2 is 1.96 bits per heavy atom. The number of nitrogens with zero attached hydrogens (tertiary/aromatic N) is 2. The quantitative estimate of drug-likeness (QED) is 0.739. The molecule has 0 atom stereocenters. The molecular weight excluding hydrogens is 322 g/mol. The Balaban J connectivity index is 1.64. The summed E-state index contributed by atoms with van der Waals surface area (Å²) in [7, 11) is 0. The number of amides is 1. The van der Waals surface area contributed by atoms with E-state index >= 15 is 0 Å². The number of benzene rings is 2. The van der Waals surface area contributed by atoms with Gasteiger partial charge in [0.15, 0.2) is 0 Å². The normalized spacial score (nSPS) is 10.4. The zero-order chi connectivity index (χ0) is 16.8. The van der Waals surface area contributed by atoms with Gasteiger partial charge in [-0.05, 0) is 30.2 Å². The molecule has 2 aromatic carbocycles. The largest absolute Gasteiger partial charge is 0.489 e. The molecular formula is C18H17N3O2S. The molecule has 1 amide bonds. The number of aromatic nitrogens is 2. The molecule has 1 N–H and O–H groups in total. The van der Waals surface area contributed by atoms with Crippen molar-refractivity contribution in [3.8, 4) is 5.75 Å². The third-order valence-corrected chi connectivity index (χ3v) is 4.32. The highest BCUT2D eigenvalue weighted by atomic mass is 32.1. The van der Waals surface area contributed by atoms with Gasteiger partial charge in [-0.25, -0.2) is 0 Å². The Morgan fingerprint density at radius 3 is 2.71 bits per heavy atom. The van der Waals surface area contributed by atoms with Crippen LogP contribution in [0.15, 0.2) is 54.6 Å². The number of nitrogens with one attached hydrogen (secondary N) is 1. The first kappa shape index (κ1) is 16.1. The van der Waals surface area contributed by atoms with Crippen LogP contribution in [-0.4, -0.2) is 16.1 Å². The van der Waals surface area contributed by atoms with Gasteiger partial charge in [0.05, 0.1) is 0 Å². The number of carbonyl (C=O) groups excluding carboxylic acids is 1. The van der Waals surface area contributed by atoms with E-state index in [4.69, 9.17) is 4.74 Å². The van der Waals surface area contributed by atoms with E-state index in [2.05, 4.69) is 15.5 Å². The summed E-state index contributed by atoms with van der Waals surface area (Å²) in [6.07, 6.45) is 0.802. The predicted molar refractivity (Wildman–Crippen MR) is 94.5 cm³/mol. The van der Waals surface area contributed by atoms with Gasteiger partial charge in [0, 0.05) is 5.56 Å². The van der Waals surface area contributed by atoms with Gasteiger partial charge in [-0.3, -0.25) is 10.1 Å². The molecule has 0 unspecified atom stereocenters. The maximum absolute atomic E-state index is 12.3. The highest BCUT2D eigenvalue weighted by molar-refractivity contribution is 7.15. The SMILES string of the molecule is CCc1nnc(NC(=O)c2cccc(OCc3ccccc3)c2)s1. The molecule has 0 saturated heterocycles. The lowest BCUT2D eigenvalue weighted by atomic mass is 10.2. The van der Waals surface area contributed by atoms with Crippen molar-refractivity contribution >= 4 is 22.4 Å². The van der Waals surface area contributed by atoms with Crippen LogP contribution in [-0.2, 0) is 13.0 Å². The number of rotatable bonds is 6. The topological polar surface area (TPSA) is 64.1 Å². The van der Waals surface area contributed by atoms with Crippen LogP contribution in [0.3, 0.4) is 0 Å². The summed E-state index contributed by atoms with van der Waals surface area (Å²) in [5.74, 6) is 0.428. The Hall–Kier alpha value is -2.73. The van der Waals surface area contributed by atoms with E-state index in [1.54, 1.807) is 18.2 Å².